The van der Waals surface area contributed by atoms with Crippen molar-refractivity contribution in [1.29, 1.82) is 0 Å². The Bertz CT molecular complexity index is 962. The first-order valence-electron chi connectivity index (χ1n) is 9.72. The van der Waals surface area contributed by atoms with Crippen LogP contribution in [0, 0.1) is 0 Å². The molecule has 0 radical (unpaired) electrons. The maximum Gasteiger partial charge on any atom is 0.249 e. The van der Waals surface area contributed by atoms with Gasteiger partial charge in [-0.05, 0) is 42.8 Å². The minimum Gasteiger partial charge on any atom is -0.497 e. The summed E-state index contributed by atoms with van der Waals surface area (Å²) in [6.07, 6.45) is 1.28. The predicted molar refractivity (Wildman–Crippen MR) is 119 cm³/mol. The minimum absolute atomic E-state index is 0.0651. The third kappa shape index (κ3) is 6.00. The Balaban J connectivity index is 1.57. The number of carbonyl (C=O) groups is 1. The van der Waals surface area contributed by atoms with E-state index in [-0.39, 0.29) is 12.5 Å². The third-order valence-corrected chi connectivity index (χ3v) is 5.73. The van der Waals surface area contributed by atoms with Gasteiger partial charge < -0.3 is 14.1 Å². The molecule has 0 N–H and O–H groups in total. The molecule has 0 fully saturated rings. The van der Waals surface area contributed by atoms with E-state index in [9.17, 15) is 4.79 Å². The van der Waals surface area contributed by atoms with Crippen LogP contribution in [-0.4, -0.2) is 40.4 Å². The lowest BCUT2D eigenvalue weighted by atomic mass is 10.2. The molecule has 158 valence electrons. The number of ether oxygens (including phenoxy) is 1. The summed E-state index contributed by atoms with van der Waals surface area (Å²) in [6.45, 7) is 2.96. The normalized spacial score (nSPS) is 10.8. The average molecular weight is 446 g/mol. The first-order valence-corrected chi connectivity index (χ1v) is 11.1. The zero-order valence-electron chi connectivity index (χ0n) is 17.0. The first kappa shape index (κ1) is 22.2. The van der Waals surface area contributed by atoms with Crippen molar-refractivity contribution in [3.05, 3.63) is 59.4 Å². The number of hydrogen-bond acceptors (Lipinski definition) is 6. The largest absolute Gasteiger partial charge is 0.497 e. The Hall–Kier alpha value is -2.51. The van der Waals surface area contributed by atoms with Gasteiger partial charge in [-0.25, -0.2) is 0 Å². The SMILES string of the molecule is CCCN(Cc1nnc(-c2ccccc2Cl)o1)C(=O)CCSc1ccc(OC)cc1. The van der Waals surface area contributed by atoms with E-state index in [1.54, 1.807) is 29.8 Å². The number of rotatable bonds is 10. The van der Waals surface area contributed by atoms with Crippen molar-refractivity contribution >= 4 is 29.3 Å². The van der Waals surface area contributed by atoms with Gasteiger partial charge in [-0.3, -0.25) is 4.79 Å². The van der Waals surface area contributed by atoms with Crippen LogP contribution in [0.5, 0.6) is 5.75 Å². The lowest BCUT2D eigenvalue weighted by molar-refractivity contribution is -0.131. The summed E-state index contributed by atoms with van der Waals surface area (Å²) in [7, 11) is 1.64. The van der Waals surface area contributed by atoms with Crippen LogP contribution in [0.15, 0.2) is 57.8 Å². The molecule has 3 rings (SSSR count). The summed E-state index contributed by atoms with van der Waals surface area (Å²) >= 11 is 7.84. The fourth-order valence-electron chi connectivity index (χ4n) is 2.87. The highest BCUT2D eigenvalue weighted by atomic mass is 35.5. The molecule has 0 saturated carbocycles. The lowest BCUT2D eigenvalue weighted by Gasteiger charge is -2.20. The van der Waals surface area contributed by atoms with Crippen LogP contribution < -0.4 is 4.74 Å². The van der Waals surface area contributed by atoms with Gasteiger partial charge in [-0.2, -0.15) is 0 Å². The Kier molecular flexibility index (Phi) is 8.16. The summed E-state index contributed by atoms with van der Waals surface area (Å²) < 4.78 is 10.9. The molecule has 0 aliphatic rings. The molecule has 0 aliphatic carbocycles. The topological polar surface area (TPSA) is 68.5 Å². The number of methoxy groups -OCH3 is 1. The van der Waals surface area contributed by atoms with Crippen LogP contribution in [0.25, 0.3) is 11.5 Å². The Morgan fingerprint density at radius 3 is 2.63 bits per heavy atom. The van der Waals surface area contributed by atoms with Gasteiger partial charge in [0.15, 0.2) is 0 Å². The molecule has 1 heterocycles. The fraction of sp³-hybridized carbons (Fsp3) is 0.318. The molecule has 0 saturated heterocycles. The van der Waals surface area contributed by atoms with E-state index in [1.807, 2.05) is 49.4 Å². The molecule has 1 amide bonds. The zero-order chi connectivity index (χ0) is 21.3. The Morgan fingerprint density at radius 1 is 1.17 bits per heavy atom. The first-order chi connectivity index (χ1) is 14.6. The standard InChI is InChI=1S/C22H24ClN3O3S/c1-3-13-26(21(27)12-14-30-17-10-8-16(28-2)9-11-17)15-20-24-25-22(29-20)18-6-4-5-7-19(18)23/h4-11H,3,12-15H2,1-2H3. The molecule has 1 aromatic heterocycles. The number of benzene rings is 2. The fourth-order valence-corrected chi connectivity index (χ4v) is 3.93. The highest BCUT2D eigenvalue weighted by Crippen LogP contribution is 2.27. The number of hydrogen-bond donors (Lipinski definition) is 0. The summed E-state index contributed by atoms with van der Waals surface area (Å²) in [4.78, 5) is 15.6. The van der Waals surface area contributed by atoms with Crippen molar-refractivity contribution in [2.75, 3.05) is 19.4 Å². The van der Waals surface area contributed by atoms with E-state index in [1.165, 1.54) is 0 Å². The second kappa shape index (κ2) is 11.0. The number of aromatic nitrogens is 2. The van der Waals surface area contributed by atoms with Crippen molar-refractivity contribution in [2.45, 2.75) is 31.2 Å². The average Bonchev–Trinajstić information content (AvgIpc) is 3.22. The van der Waals surface area contributed by atoms with E-state index in [0.717, 1.165) is 17.1 Å². The summed E-state index contributed by atoms with van der Waals surface area (Å²) in [5, 5.41) is 8.72. The van der Waals surface area contributed by atoms with Gasteiger partial charge >= 0.3 is 0 Å². The summed E-state index contributed by atoms with van der Waals surface area (Å²) in [6, 6.07) is 15.1. The molecule has 0 atom stereocenters. The van der Waals surface area contributed by atoms with Crippen molar-refractivity contribution in [1.82, 2.24) is 15.1 Å². The number of halogens is 1. The van der Waals surface area contributed by atoms with Crippen LogP contribution in [-0.2, 0) is 11.3 Å². The van der Waals surface area contributed by atoms with Gasteiger partial charge in [0.1, 0.15) is 5.75 Å². The summed E-state index contributed by atoms with van der Waals surface area (Å²) in [5.41, 5.74) is 0.683. The molecule has 8 heteroatoms. The van der Waals surface area contributed by atoms with E-state index in [0.29, 0.717) is 41.1 Å². The number of nitrogens with zero attached hydrogens (tertiary/aromatic N) is 3. The Labute approximate surface area is 185 Å². The smallest absolute Gasteiger partial charge is 0.249 e. The maximum absolute atomic E-state index is 12.7. The molecule has 0 aliphatic heterocycles. The van der Waals surface area contributed by atoms with E-state index < -0.39 is 0 Å². The van der Waals surface area contributed by atoms with Crippen LogP contribution >= 0.6 is 23.4 Å². The van der Waals surface area contributed by atoms with Gasteiger partial charge in [-0.1, -0.05) is 30.7 Å². The molecule has 6 nitrogen and oxygen atoms in total. The highest BCUT2D eigenvalue weighted by Gasteiger charge is 2.18. The van der Waals surface area contributed by atoms with E-state index >= 15 is 0 Å². The second-order valence-corrected chi connectivity index (χ2v) is 8.15. The molecular formula is C22H24ClN3O3S. The van der Waals surface area contributed by atoms with Crippen LogP contribution in [0.1, 0.15) is 25.7 Å². The van der Waals surface area contributed by atoms with Gasteiger partial charge in [0.25, 0.3) is 0 Å². The highest BCUT2D eigenvalue weighted by molar-refractivity contribution is 7.99. The second-order valence-electron chi connectivity index (χ2n) is 6.57. The number of carbonyl (C=O) groups excluding carboxylic acids is 1. The monoisotopic (exact) mass is 445 g/mol. The summed E-state index contributed by atoms with van der Waals surface area (Å²) in [5.74, 6) is 2.33. The zero-order valence-corrected chi connectivity index (χ0v) is 18.6. The van der Waals surface area contributed by atoms with E-state index in [4.69, 9.17) is 20.8 Å². The molecule has 0 bridgehead atoms. The van der Waals surface area contributed by atoms with Gasteiger partial charge in [0.05, 0.1) is 24.2 Å². The molecular weight excluding hydrogens is 422 g/mol. The van der Waals surface area contributed by atoms with Gasteiger partial charge in [0, 0.05) is 23.6 Å². The predicted octanol–water partition coefficient (Wildman–Crippen LogP) is 5.32. The quantitative estimate of drug-likeness (QED) is 0.393. The van der Waals surface area contributed by atoms with Crippen molar-refractivity contribution in [3.8, 4) is 17.2 Å². The van der Waals surface area contributed by atoms with E-state index in [2.05, 4.69) is 10.2 Å². The van der Waals surface area contributed by atoms with Crippen molar-refractivity contribution < 1.29 is 13.9 Å². The van der Waals surface area contributed by atoms with Crippen LogP contribution in [0.2, 0.25) is 5.02 Å². The van der Waals surface area contributed by atoms with Crippen molar-refractivity contribution in [2.24, 2.45) is 0 Å². The minimum atomic E-state index is 0.0651. The molecule has 0 unspecified atom stereocenters. The molecule has 2 aromatic carbocycles. The van der Waals surface area contributed by atoms with Gasteiger partial charge in [-0.15, -0.1) is 22.0 Å². The molecule has 3 aromatic rings. The molecule has 30 heavy (non-hydrogen) atoms. The van der Waals surface area contributed by atoms with Crippen molar-refractivity contribution in [3.63, 3.8) is 0 Å². The molecule has 0 spiro atoms. The number of amides is 1. The number of thioether (sulfide) groups is 1. The van der Waals surface area contributed by atoms with Crippen LogP contribution in [0.3, 0.4) is 0 Å². The maximum atomic E-state index is 12.7. The third-order valence-electron chi connectivity index (χ3n) is 4.39. The Morgan fingerprint density at radius 2 is 1.93 bits per heavy atom. The van der Waals surface area contributed by atoms with Gasteiger partial charge in [0.2, 0.25) is 17.7 Å². The van der Waals surface area contributed by atoms with Crippen LogP contribution in [0.4, 0.5) is 0 Å². The lowest BCUT2D eigenvalue weighted by Crippen LogP contribution is -2.31.